The van der Waals surface area contributed by atoms with Crippen LogP contribution in [0.1, 0.15) is 43.2 Å². The van der Waals surface area contributed by atoms with Crippen molar-refractivity contribution in [2.24, 2.45) is 17.2 Å². The van der Waals surface area contributed by atoms with E-state index in [1.54, 1.807) is 18.3 Å². The fourth-order valence-corrected chi connectivity index (χ4v) is 4.84. The van der Waals surface area contributed by atoms with E-state index < -0.39 is 53.8 Å². The van der Waals surface area contributed by atoms with Gasteiger partial charge in [0.25, 0.3) is 0 Å². The number of aromatic amines is 1. The number of rotatable bonds is 18. The number of phenols is 1. The number of nitrogens with one attached hydrogen (secondary N) is 4. The van der Waals surface area contributed by atoms with Crippen LogP contribution in [0.4, 0.5) is 0 Å². The molecule has 4 unspecified atom stereocenters. The lowest BCUT2D eigenvalue weighted by atomic mass is 10.0. The minimum atomic E-state index is -1.28. The standard InChI is InChI=1S/C31H41N7O7/c32-14-4-3-7-25(31(44)45)37-30(43)26(16-19-17-35-23-6-2-1-5-21(19)23)38-29(42)24(12-13-27(34)40)36-28(41)22(33)15-18-8-10-20(39)11-9-18/h1-2,5-6,8-11,17,22,24-26,35,39H,3-4,7,12-16,32-33H2,(H2,34,40)(H,36,41)(H,37,43)(H,38,42)(H,44,45). The number of unbranched alkanes of at least 4 members (excludes halogenated alkanes) is 1. The zero-order valence-electron chi connectivity index (χ0n) is 24.8. The molecule has 0 radical (unpaired) electrons. The van der Waals surface area contributed by atoms with Gasteiger partial charge >= 0.3 is 5.97 Å². The van der Waals surface area contributed by atoms with Crippen LogP contribution in [-0.2, 0) is 36.8 Å². The van der Waals surface area contributed by atoms with Crippen molar-refractivity contribution in [2.45, 2.75) is 69.1 Å². The SMILES string of the molecule is NCCCCC(NC(=O)C(Cc1c[nH]c2ccccc12)NC(=O)C(CCC(N)=O)NC(=O)C(N)Cc1ccc(O)cc1)C(=O)O. The number of carbonyl (C=O) groups is 5. The number of aromatic hydroxyl groups is 1. The van der Waals surface area contributed by atoms with Crippen molar-refractivity contribution >= 4 is 40.5 Å². The van der Waals surface area contributed by atoms with Gasteiger partial charge in [-0.1, -0.05) is 30.3 Å². The van der Waals surface area contributed by atoms with Gasteiger partial charge in [-0.05, 0) is 68.0 Å². The van der Waals surface area contributed by atoms with E-state index in [9.17, 15) is 34.2 Å². The highest BCUT2D eigenvalue weighted by atomic mass is 16.4. The van der Waals surface area contributed by atoms with Gasteiger partial charge in [-0.3, -0.25) is 19.2 Å². The van der Waals surface area contributed by atoms with Crippen molar-refractivity contribution in [3.63, 3.8) is 0 Å². The molecule has 242 valence electrons. The molecule has 0 spiro atoms. The number of primary amides is 1. The number of benzene rings is 2. The van der Waals surface area contributed by atoms with E-state index >= 15 is 0 Å². The predicted octanol–water partition coefficient (Wildman–Crippen LogP) is -0.0805. The minimum absolute atomic E-state index is 0.00637. The van der Waals surface area contributed by atoms with E-state index in [1.807, 2.05) is 24.3 Å². The molecule has 45 heavy (non-hydrogen) atoms. The highest BCUT2D eigenvalue weighted by molar-refractivity contribution is 5.95. The zero-order valence-corrected chi connectivity index (χ0v) is 24.8. The van der Waals surface area contributed by atoms with E-state index in [1.165, 1.54) is 12.1 Å². The summed E-state index contributed by atoms with van der Waals surface area (Å²) in [7, 11) is 0. The van der Waals surface area contributed by atoms with Gasteiger partial charge in [0.2, 0.25) is 23.6 Å². The molecule has 2 aromatic carbocycles. The predicted molar refractivity (Wildman–Crippen MR) is 167 cm³/mol. The Bertz CT molecular complexity index is 1470. The van der Waals surface area contributed by atoms with Crippen LogP contribution in [0.25, 0.3) is 10.9 Å². The van der Waals surface area contributed by atoms with E-state index in [-0.39, 0.29) is 37.9 Å². The van der Waals surface area contributed by atoms with Gasteiger partial charge in [-0.2, -0.15) is 0 Å². The van der Waals surface area contributed by atoms with Gasteiger partial charge in [-0.15, -0.1) is 0 Å². The number of H-pyrrole nitrogens is 1. The lowest BCUT2D eigenvalue weighted by Gasteiger charge is -2.25. The molecule has 0 aliphatic heterocycles. The average molecular weight is 624 g/mol. The summed E-state index contributed by atoms with van der Waals surface area (Å²) in [5.74, 6) is -4.08. The third-order valence-corrected chi connectivity index (χ3v) is 7.33. The molecular weight excluding hydrogens is 582 g/mol. The number of carbonyl (C=O) groups excluding carboxylic acids is 4. The van der Waals surface area contributed by atoms with E-state index in [2.05, 4.69) is 20.9 Å². The van der Waals surface area contributed by atoms with Crippen molar-refractivity contribution in [3.8, 4) is 5.75 Å². The topological polar surface area (TPSA) is 256 Å². The maximum absolute atomic E-state index is 13.6. The van der Waals surface area contributed by atoms with E-state index in [4.69, 9.17) is 17.2 Å². The smallest absolute Gasteiger partial charge is 0.326 e. The van der Waals surface area contributed by atoms with Crippen LogP contribution in [0.2, 0.25) is 0 Å². The number of para-hydroxylation sites is 1. The van der Waals surface area contributed by atoms with Gasteiger partial charge in [0.1, 0.15) is 23.9 Å². The molecular formula is C31H41N7O7. The van der Waals surface area contributed by atoms with E-state index in [0.29, 0.717) is 30.5 Å². The number of aliphatic carboxylic acids is 1. The van der Waals surface area contributed by atoms with Crippen molar-refractivity contribution in [3.05, 3.63) is 65.9 Å². The number of hydrogen-bond acceptors (Lipinski definition) is 8. The Morgan fingerprint density at radius 3 is 2.11 bits per heavy atom. The summed E-state index contributed by atoms with van der Waals surface area (Å²) in [6, 6.07) is 8.65. The Labute approximate surface area is 260 Å². The molecule has 3 aromatic rings. The van der Waals surface area contributed by atoms with Gasteiger partial charge in [-0.25, -0.2) is 4.79 Å². The first-order chi connectivity index (χ1) is 21.5. The molecule has 4 atom stereocenters. The summed E-state index contributed by atoms with van der Waals surface area (Å²) in [4.78, 5) is 66.7. The lowest BCUT2D eigenvalue weighted by molar-refractivity contribution is -0.142. The summed E-state index contributed by atoms with van der Waals surface area (Å²) >= 11 is 0. The molecule has 1 heterocycles. The van der Waals surface area contributed by atoms with Crippen molar-refractivity contribution in [2.75, 3.05) is 6.54 Å². The molecule has 0 fully saturated rings. The van der Waals surface area contributed by atoms with Crippen molar-refractivity contribution < 1.29 is 34.2 Å². The molecule has 14 heteroatoms. The number of fused-ring (bicyclic) bond motifs is 1. The van der Waals surface area contributed by atoms with Gasteiger partial charge in [0.15, 0.2) is 0 Å². The molecule has 1 aromatic heterocycles. The highest BCUT2D eigenvalue weighted by Gasteiger charge is 2.31. The quantitative estimate of drug-likeness (QED) is 0.0857. The summed E-state index contributed by atoms with van der Waals surface area (Å²) < 4.78 is 0. The normalized spacial score (nSPS) is 13.7. The number of carboxylic acid groups (broad SMARTS) is 1. The van der Waals surface area contributed by atoms with Crippen LogP contribution >= 0.6 is 0 Å². The number of carboxylic acids is 1. The average Bonchev–Trinajstić information content (AvgIpc) is 3.41. The Morgan fingerprint density at radius 2 is 1.44 bits per heavy atom. The highest BCUT2D eigenvalue weighted by Crippen LogP contribution is 2.20. The lowest BCUT2D eigenvalue weighted by Crippen LogP contribution is -2.57. The first kappa shape index (κ1) is 34.5. The van der Waals surface area contributed by atoms with Crippen LogP contribution in [0.15, 0.2) is 54.7 Å². The maximum atomic E-state index is 13.6. The van der Waals surface area contributed by atoms with Gasteiger partial charge in [0, 0.05) is 29.9 Å². The zero-order chi connectivity index (χ0) is 32.9. The van der Waals surface area contributed by atoms with Crippen molar-refractivity contribution in [1.82, 2.24) is 20.9 Å². The Balaban J connectivity index is 1.82. The first-order valence-corrected chi connectivity index (χ1v) is 14.7. The second-order valence-electron chi connectivity index (χ2n) is 10.9. The maximum Gasteiger partial charge on any atom is 0.326 e. The number of hydrogen-bond donors (Lipinski definition) is 9. The Morgan fingerprint density at radius 1 is 0.800 bits per heavy atom. The molecule has 0 saturated carbocycles. The van der Waals surface area contributed by atoms with E-state index in [0.717, 1.165) is 10.9 Å². The largest absolute Gasteiger partial charge is 0.508 e. The van der Waals surface area contributed by atoms with Crippen LogP contribution < -0.4 is 33.2 Å². The van der Waals surface area contributed by atoms with Gasteiger partial charge < -0.3 is 48.3 Å². The second-order valence-corrected chi connectivity index (χ2v) is 10.9. The molecule has 0 aliphatic carbocycles. The molecule has 0 saturated heterocycles. The fourth-order valence-electron chi connectivity index (χ4n) is 4.84. The summed E-state index contributed by atoms with van der Waals surface area (Å²) in [6.45, 7) is 0.372. The Hall–Kier alpha value is -4.95. The fraction of sp³-hybridized carbons (Fsp3) is 0.387. The third kappa shape index (κ3) is 10.6. The summed E-state index contributed by atoms with van der Waals surface area (Å²) in [5, 5.41) is 27.7. The van der Waals surface area contributed by atoms with Crippen LogP contribution in [0, 0.1) is 0 Å². The molecule has 3 rings (SSSR count). The second kappa shape index (κ2) is 16.8. The van der Waals surface area contributed by atoms with Crippen LogP contribution in [-0.4, -0.2) is 75.5 Å². The Kier molecular flexibility index (Phi) is 12.9. The summed E-state index contributed by atoms with van der Waals surface area (Å²) in [5.41, 5.74) is 19.1. The minimum Gasteiger partial charge on any atom is -0.508 e. The third-order valence-electron chi connectivity index (χ3n) is 7.33. The molecule has 0 aliphatic rings. The molecule has 12 N–H and O–H groups in total. The number of phenolic OH excluding ortho intramolecular Hbond substituents is 1. The van der Waals surface area contributed by atoms with Gasteiger partial charge in [0.05, 0.1) is 6.04 Å². The molecule has 4 amide bonds. The first-order valence-electron chi connectivity index (χ1n) is 14.7. The summed E-state index contributed by atoms with van der Waals surface area (Å²) in [6.07, 6.45) is 2.56. The molecule has 0 bridgehead atoms. The molecule has 14 nitrogen and oxygen atoms in total. The van der Waals surface area contributed by atoms with Crippen LogP contribution in [0.3, 0.4) is 0 Å². The number of aromatic nitrogens is 1. The number of amides is 4. The van der Waals surface area contributed by atoms with Crippen LogP contribution in [0.5, 0.6) is 5.75 Å². The van der Waals surface area contributed by atoms with Crippen molar-refractivity contribution in [1.29, 1.82) is 0 Å². The number of nitrogens with two attached hydrogens (primary N) is 3. The monoisotopic (exact) mass is 623 g/mol.